The van der Waals surface area contributed by atoms with E-state index in [1.165, 1.54) is 0 Å². The van der Waals surface area contributed by atoms with Gasteiger partial charge in [-0.05, 0) is 43.2 Å². The number of ether oxygens (including phenoxy) is 1. The Hall–Kier alpha value is -2.89. The maximum Gasteiger partial charge on any atom is 0.262 e. The van der Waals surface area contributed by atoms with E-state index in [0.717, 1.165) is 22.5 Å². The molecule has 0 unspecified atom stereocenters. The number of hydrogen-bond acceptors (Lipinski definition) is 4. The summed E-state index contributed by atoms with van der Waals surface area (Å²) >= 11 is 0. The third-order valence-corrected chi connectivity index (χ3v) is 3.49. The van der Waals surface area contributed by atoms with E-state index in [9.17, 15) is 4.79 Å². The Labute approximate surface area is 127 Å². The van der Waals surface area contributed by atoms with Crippen molar-refractivity contribution in [2.24, 2.45) is 0 Å². The van der Waals surface area contributed by atoms with E-state index in [4.69, 9.17) is 4.74 Å². The number of hydrogen-bond donors (Lipinski definition) is 1. The van der Waals surface area contributed by atoms with Crippen LogP contribution in [0.3, 0.4) is 0 Å². The SMILES string of the molecule is Cc1cccc(OCC(=O)Nc2ccc3nncn3c2)c1C. The topological polar surface area (TPSA) is 68.5 Å². The van der Waals surface area contributed by atoms with Crippen LogP contribution in [-0.4, -0.2) is 27.1 Å². The molecular formula is C16H16N4O2. The second-order valence-corrected chi connectivity index (χ2v) is 5.05. The Kier molecular flexibility index (Phi) is 3.74. The Morgan fingerprint density at radius 1 is 1.27 bits per heavy atom. The molecule has 3 rings (SSSR count). The van der Waals surface area contributed by atoms with Crippen LogP contribution in [0.2, 0.25) is 0 Å². The molecule has 2 heterocycles. The lowest BCUT2D eigenvalue weighted by Crippen LogP contribution is -2.20. The Morgan fingerprint density at radius 2 is 2.14 bits per heavy atom. The van der Waals surface area contributed by atoms with E-state index in [0.29, 0.717) is 5.69 Å². The molecule has 0 saturated carbocycles. The van der Waals surface area contributed by atoms with Crippen molar-refractivity contribution in [3.8, 4) is 5.75 Å². The summed E-state index contributed by atoms with van der Waals surface area (Å²) in [5.41, 5.74) is 3.57. The first-order valence-electron chi connectivity index (χ1n) is 6.92. The normalized spacial score (nSPS) is 10.6. The molecule has 0 spiro atoms. The number of pyridine rings is 1. The summed E-state index contributed by atoms with van der Waals surface area (Å²) in [6, 6.07) is 9.35. The molecule has 0 radical (unpaired) electrons. The quantitative estimate of drug-likeness (QED) is 0.802. The van der Waals surface area contributed by atoms with E-state index >= 15 is 0 Å². The first kappa shape index (κ1) is 14.1. The van der Waals surface area contributed by atoms with E-state index in [-0.39, 0.29) is 12.5 Å². The molecule has 0 aliphatic rings. The average molecular weight is 296 g/mol. The second-order valence-electron chi connectivity index (χ2n) is 5.05. The number of carbonyl (C=O) groups excluding carboxylic acids is 1. The average Bonchev–Trinajstić information content (AvgIpc) is 2.96. The van der Waals surface area contributed by atoms with E-state index in [2.05, 4.69) is 15.5 Å². The number of rotatable bonds is 4. The standard InChI is InChI=1S/C16H16N4O2/c1-11-4-3-5-14(12(11)2)22-9-16(21)18-13-6-7-15-19-17-10-20(15)8-13/h3-8,10H,9H2,1-2H3,(H,18,21). The molecule has 0 fully saturated rings. The van der Waals surface area contributed by atoms with Gasteiger partial charge in [0.15, 0.2) is 12.3 Å². The fourth-order valence-corrected chi connectivity index (χ4v) is 2.12. The van der Waals surface area contributed by atoms with E-state index < -0.39 is 0 Å². The number of amides is 1. The number of aromatic nitrogens is 3. The van der Waals surface area contributed by atoms with Crippen LogP contribution in [0.25, 0.3) is 5.65 Å². The van der Waals surface area contributed by atoms with Crippen LogP contribution in [0.4, 0.5) is 5.69 Å². The van der Waals surface area contributed by atoms with Gasteiger partial charge in [-0.25, -0.2) is 0 Å². The van der Waals surface area contributed by atoms with Crippen molar-refractivity contribution in [2.75, 3.05) is 11.9 Å². The molecule has 2 aromatic heterocycles. The first-order chi connectivity index (χ1) is 10.6. The number of aryl methyl sites for hydroxylation is 1. The summed E-state index contributed by atoms with van der Waals surface area (Å²) in [7, 11) is 0. The predicted molar refractivity (Wildman–Crippen MR) is 83.0 cm³/mol. The van der Waals surface area contributed by atoms with Gasteiger partial charge in [0.25, 0.3) is 5.91 Å². The van der Waals surface area contributed by atoms with Crippen LogP contribution in [0.1, 0.15) is 11.1 Å². The lowest BCUT2D eigenvalue weighted by atomic mass is 10.1. The van der Waals surface area contributed by atoms with Crippen molar-refractivity contribution < 1.29 is 9.53 Å². The summed E-state index contributed by atoms with van der Waals surface area (Å²) in [4.78, 5) is 12.0. The largest absolute Gasteiger partial charge is 0.483 e. The number of carbonyl (C=O) groups is 1. The van der Waals surface area contributed by atoms with E-state index in [1.807, 2.05) is 32.0 Å². The highest BCUT2D eigenvalue weighted by Crippen LogP contribution is 2.20. The summed E-state index contributed by atoms with van der Waals surface area (Å²) in [5.74, 6) is 0.512. The monoisotopic (exact) mass is 296 g/mol. The Bertz CT molecular complexity index is 826. The zero-order valence-corrected chi connectivity index (χ0v) is 12.4. The molecule has 0 atom stereocenters. The lowest BCUT2D eigenvalue weighted by Gasteiger charge is -2.11. The first-order valence-corrected chi connectivity index (χ1v) is 6.92. The van der Waals surface area contributed by atoms with Gasteiger partial charge in [-0.15, -0.1) is 10.2 Å². The highest BCUT2D eigenvalue weighted by Gasteiger charge is 2.07. The van der Waals surface area contributed by atoms with Crippen LogP contribution in [0.5, 0.6) is 5.75 Å². The molecule has 6 heteroatoms. The maximum absolute atomic E-state index is 12.0. The molecule has 0 saturated heterocycles. The molecule has 0 bridgehead atoms. The van der Waals surface area contributed by atoms with Gasteiger partial charge < -0.3 is 10.1 Å². The van der Waals surface area contributed by atoms with Gasteiger partial charge in [0.2, 0.25) is 0 Å². The van der Waals surface area contributed by atoms with Crippen LogP contribution in [-0.2, 0) is 4.79 Å². The van der Waals surface area contributed by atoms with Gasteiger partial charge in [0.05, 0.1) is 5.69 Å². The summed E-state index contributed by atoms with van der Waals surface area (Å²) in [6.07, 6.45) is 3.34. The number of nitrogens with one attached hydrogen (secondary N) is 1. The van der Waals surface area contributed by atoms with Gasteiger partial charge in [0.1, 0.15) is 12.1 Å². The summed E-state index contributed by atoms with van der Waals surface area (Å²) < 4.78 is 7.32. The molecule has 1 aromatic carbocycles. The van der Waals surface area contributed by atoms with Gasteiger partial charge >= 0.3 is 0 Å². The summed E-state index contributed by atoms with van der Waals surface area (Å²) in [6.45, 7) is 3.95. The van der Waals surface area contributed by atoms with Crippen molar-refractivity contribution in [1.82, 2.24) is 14.6 Å². The Morgan fingerprint density at radius 3 is 3.00 bits per heavy atom. The van der Waals surface area contributed by atoms with Crippen molar-refractivity contribution in [3.05, 3.63) is 54.0 Å². The zero-order valence-electron chi connectivity index (χ0n) is 12.4. The van der Waals surface area contributed by atoms with E-state index in [1.54, 1.807) is 29.1 Å². The molecule has 0 aliphatic heterocycles. The lowest BCUT2D eigenvalue weighted by molar-refractivity contribution is -0.118. The summed E-state index contributed by atoms with van der Waals surface area (Å²) in [5, 5.41) is 10.5. The smallest absolute Gasteiger partial charge is 0.262 e. The molecule has 6 nitrogen and oxygen atoms in total. The number of anilines is 1. The van der Waals surface area contributed by atoms with Gasteiger partial charge in [0, 0.05) is 6.20 Å². The van der Waals surface area contributed by atoms with Gasteiger partial charge in [-0.3, -0.25) is 9.20 Å². The number of fused-ring (bicyclic) bond motifs is 1. The van der Waals surface area contributed by atoms with Crippen LogP contribution >= 0.6 is 0 Å². The number of benzene rings is 1. The molecule has 3 aromatic rings. The zero-order chi connectivity index (χ0) is 15.5. The minimum atomic E-state index is -0.215. The maximum atomic E-state index is 12.0. The minimum Gasteiger partial charge on any atom is -0.483 e. The van der Waals surface area contributed by atoms with Crippen LogP contribution in [0, 0.1) is 13.8 Å². The third-order valence-electron chi connectivity index (χ3n) is 3.49. The Balaban J connectivity index is 1.63. The fourth-order valence-electron chi connectivity index (χ4n) is 2.12. The molecular weight excluding hydrogens is 280 g/mol. The molecule has 1 N–H and O–H groups in total. The minimum absolute atomic E-state index is 0.0372. The van der Waals surface area contributed by atoms with Crippen molar-refractivity contribution >= 4 is 17.2 Å². The second kappa shape index (κ2) is 5.85. The van der Waals surface area contributed by atoms with Gasteiger partial charge in [-0.2, -0.15) is 0 Å². The van der Waals surface area contributed by atoms with Crippen molar-refractivity contribution in [1.29, 1.82) is 0 Å². The third kappa shape index (κ3) is 2.90. The fraction of sp³-hybridized carbons (Fsp3) is 0.188. The van der Waals surface area contributed by atoms with Crippen LogP contribution < -0.4 is 10.1 Å². The van der Waals surface area contributed by atoms with Crippen molar-refractivity contribution in [2.45, 2.75) is 13.8 Å². The molecule has 112 valence electrons. The van der Waals surface area contributed by atoms with Gasteiger partial charge in [-0.1, -0.05) is 12.1 Å². The highest BCUT2D eigenvalue weighted by atomic mass is 16.5. The molecule has 22 heavy (non-hydrogen) atoms. The highest BCUT2D eigenvalue weighted by molar-refractivity contribution is 5.91. The number of nitrogens with zero attached hydrogens (tertiary/aromatic N) is 3. The molecule has 1 amide bonds. The predicted octanol–water partition coefficient (Wildman–Crippen LogP) is 2.36. The molecule has 0 aliphatic carbocycles. The van der Waals surface area contributed by atoms with Crippen molar-refractivity contribution in [3.63, 3.8) is 0 Å². The van der Waals surface area contributed by atoms with Crippen LogP contribution in [0.15, 0.2) is 42.9 Å².